The molecule has 7 nitrogen and oxygen atoms in total. The maximum atomic E-state index is 13.2. The molecule has 0 aliphatic carbocycles. The third kappa shape index (κ3) is 4.22. The van der Waals surface area contributed by atoms with Gasteiger partial charge in [-0.15, -0.1) is 0 Å². The molecule has 0 saturated carbocycles. The number of ether oxygens (including phenoxy) is 1. The van der Waals surface area contributed by atoms with Gasteiger partial charge in [-0.3, -0.25) is 19.5 Å². The summed E-state index contributed by atoms with van der Waals surface area (Å²) < 4.78 is 5.70. The van der Waals surface area contributed by atoms with Crippen LogP contribution in [0.1, 0.15) is 36.1 Å². The lowest BCUT2D eigenvalue weighted by molar-refractivity contribution is -0.132. The number of benzene rings is 2. The monoisotopic (exact) mass is 478 g/mol. The molecule has 2 heterocycles. The number of rotatable bonds is 6. The van der Waals surface area contributed by atoms with Crippen LogP contribution < -0.4 is 9.64 Å². The Labute approximate surface area is 201 Å². The lowest BCUT2D eigenvalue weighted by Crippen LogP contribution is -2.29. The number of aliphatic hydroxyl groups is 1. The van der Waals surface area contributed by atoms with Crippen molar-refractivity contribution in [1.82, 2.24) is 4.98 Å². The van der Waals surface area contributed by atoms with Gasteiger partial charge >= 0.3 is 0 Å². The maximum Gasteiger partial charge on any atom is 0.300 e. The second-order valence-electron chi connectivity index (χ2n) is 7.91. The second-order valence-corrected chi connectivity index (χ2v) is 8.35. The molecule has 1 aliphatic heterocycles. The third-order valence-corrected chi connectivity index (χ3v) is 5.81. The van der Waals surface area contributed by atoms with Crippen LogP contribution in [0.2, 0.25) is 5.02 Å². The molecule has 8 heteroatoms. The number of carbonyl (C=O) groups excluding carboxylic acids is 2. The van der Waals surface area contributed by atoms with Gasteiger partial charge in [-0.25, -0.2) is 0 Å². The van der Waals surface area contributed by atoms with Gasteiger partial charge in [0, 0.05) is 23.0 Å². The van der Waals surface area contributed by atoms with Crippen LogP contribution in [0.15, 0.2) is 66.5 Å². The number of aryl methyl sites for hydroxylation is 1. The molecule has 0 radical (unpaired) electrons. The van der Waals surface area contributed by atoms with Gasteiger partial charge in [0.05, 0.1) is 23.9 Å². The van der Waals surface area contributed by atoms with Gasteiger partial charge in [0.2, 0.25) is 0 Å². The molecule has 2 N–H and O–H groups in total. The highest BCUT2D eigenvalue weighted by Gasteiger charge is 2.47. The normalized spacial score (nSPS) is 17.3. The summed E-state index contributed by atoms with van der Waals surface area (Å²) in [5, 5.41) is 22.0. The lowest BCUT2D eigenvalue weighted by Gasteiger charge is -2.26. The first-order chi connectivity index (χ1) is 16.3. The Morgan fingerprint density at radius 2 is 1.85 bits per heavy atom. The van der Waals surface area contributed by atoms with Crippen LogP contribution in [0.5, 0.6) is 11.5 Å². The van der Waals surface area contributed by atoms with Crippen molar-refractivity contribution < 1.29 is 24.5 Å². The van der Waals surface area contributed by atoms with Crippen molar-refractivity contribution >= 4 is 34.7 Å². The number of hydrogen-bond acceptors (Lipinski definition) is 6. The van der Waals surface area contributed by atoms with E-state index in [9.17, 15) is 19.8 Å². The van der Waals surface area contributed by atoms with Gasteiger partial charge in [0.15, 0.2) is 0 Å². The topological polar surface area (TPSA) is 100.0 Å². The Balaban J connectivity index is 1.89. The number of aliphatic hydroxyl groups excluding tert-OH is 1. The zero-order valence-corrected chi connectivity index (χ0v) is 19.4. The van der Waals surface area contributed by atoms with Crippen LogP contribution in [0.25, 0.3) is 5.76 Å². The molecule has 3 aromatic rings. The summed E-state index contributed by atoms with van der Waals surface area (Å²) in [6.07, 6.45) is 3.90. The number of nitrogens with zero attached hydrogens (tertiary/aromatic N) is 2. The van der Waals surface area contributed by atoms with Crippen LogP contribution in [0.3, 0.4) is 0 Å². The number of aromatic hydroxyl groups is 1. The van der Waals surface area contributed by atoms with Gasteiger partial charge in [-0.05, 0) is 73.0 Å². The van der Waals surface area contributed by atoms with Gasteiger partial charge in [-0.1, -0.05) is 18.5 Å². The first kappa shape index (κ1) is 23.3. The highest BCUT2D eigenvalue weighted by molar-refractivity contribution is 6.52. The minimum absolute atomic E-state index is 0.0648. The highest BCUT2D eigenvalue weighted by atomic mass is 35.5. The fourth-order valence-corrected chi connectivity index (χ4v) is 4.12. The van der Waals surface area contributed by atoms with E-state index in [2.05, 4.69) is 4.98 Å². The van der Waals surface area contributed by atoms with Crippen LogP contribution in [0, 0.1) is 6.92 Å². The Morgan fingerprint density at radius 1 is 1.12 bits per heavy atom. The van der Waals surface area contributed by atoms with E-state index in [-0.39, 0.29) is 27.8 Å². The highest BCUT2D eigenvalue weighted by Crippen LogP contribution is 2.45. The van der Waals surface area contributed by atoms with E-state index in [4.69, 9.17) is 16.3 Å². The van der Waals surface area contributed by atoms with Crippen LogP contribution >= 0.6 is 11.6 Å². The van der Waals surface area contributed by atoms with Crippen LogP contribution in [0.4, 0.5) is 5.69 Å². The Morgan fingerprint density at radius 3 is 2.53 bits per heavy atom. The number of halogens is 1. The van der Waals surface area contributed by atoms with Crippen molar-refractivity contribution in [2.45, 2.75) is 26.3 Å². The predicted molar refractivity (Wildman–Crippen MR) is 129 cm³/mol. The molecule has 1 saturated heterocycles. The minimum atomic E-state index is -0.997. The number of phenols is 1. The first-order valence-corrected chi connectivity index (χ1v) is 11.1. The summed E-state index contributed by atoms with van der Waals surface area (Å²) in [4.78, 5) is 31.5. The number of aromatic nitrogens is 1. The molecule has 0 spiro atoms. The molecule has 34 heavy (non-hydrogen) atoms. The molecular weight excluding hydrogens is 456 g/mol. The van der Waals surface area contributed by atoms with E-state index in [1.807, 2.05) is 13.8 Å². The average Bonchev–Trinajstić information content (AvgIpc) is 3.10. The molecule has 1 fully saturated rings. The summed E-state index contributed by atoms with van der Waals surface area (Å²) in [5.74, 6) is -1.63. The van der Waals surface area contributed by atoms with E-state index in [0.29, 0.717) is 23.5 Å². The Bertz CT molecular complexity index is 1290. The zero-order chi connectivity index (χ0) is 24.4. The molecule has 1 aliphatic rings. The average molecular weight is 479 g/mol. The fraction of sp³-hybridized carbons (Fsp3) is 0.192. The number of pyridine rings is 1. The number of anilines is 1. The molecule has 1 amide bonds. The largest absolute Gasteiger partial charge is 0.507 e. The van der Waals surface area contributed by atoms with E-state index in [0.717, 1.165) is 16.9 Å². The fourth-order valence-electron chi connectivity index (χ4n) is 3.96. The van der Waals surface area contributed by atoms with Crippen LogP contribution in [-0.4, -0.2) is 33.5 Å². The van der Waals surface area contributed by atoms with Crippen molar-refractivity contribution in [3.05, 3.63) is 88.2 Å². The van der Waals surface area contributed by atoms with Gasteiger partial charge in [0.1, 0.15) is 17.3 Å². The summed E-state index contributed by atoms with van der Waals surface area (Å²) >= 11 is 6.12. The summed E-state index contributed by atoms with van der Waals surface area (Å²) in [7, 11) is 0. The number of ketones is 1. The SMILES string of the molecule is CCCOc1ccc(/C(O)=C2\C(=O)C(=O)N(c3cc(Cl)ccc3O)C2c2ccncc2)cc1C. The van der Waals surface area contributed by atoms with Crippen molar-refractivity contribution in [3.8, 4) is 11.5 Å². The third-order valence-electron chi connectivity index (χ3n) is 5.57. The van der Waals surface area contributed by atoms with Crippen molar-refractivity contribution in [1.29, 1.82) is 0 Å². The molecular formula is C26H23ClN2O5. The van der Waals surface area contributed by atoms with Crippen LogP contribution in [-0.2, 0) is 9.59 Å². The quantitative estimate of drug-likeness (QED) is 0.288. The number of phenolic OH excluding ortho intramolecular Hbond substituents is 1. The number of Topliss-reactive ketones (excluding diaryl/α,β-unsaturated/α-hetero) is 1. The molecule has 174 valence electrons. The number of amides is 1. The molecule has 1 aromatic heterocycles. The molecule has 1 atom stereocenters. The van der Waals surface area contributed by atoms with Crippen molar-refractivity contribution in [2.24, 2.45) is 0 Å². The molecule has 4 rings (SSSR count). The van der Waals surface area contributed by atoms with Gasteiger partial charge < -0.3 is 14.9 Å². The minimum Gasteiger partial charge on any atom is -0.507 e. The van der Waals surface area contributed by atoms with E-state index in [1.165, 1.54) is 30.6 Å². The molecule has 1 unspecified atom stereocenters. The number of carbonyl (C=O) groups is 2. The standard InChI is InChI=1S/C26H23ClN2O5/c1-3-12-34-21-7-4-17(13-15(21)2)24(31)22-23(16-8-10-28-11-9-16)29(26(33)25(22)32)19-14-18(27)5-6-20(19)30/h4-11,13-14,23,30-31H,3,12H2,1-2H3/b24-22+. The second kappa shape index (κ2) is 9.57. The predicted octanol–water partition coefficient (Wildman–Crippen LogP) is 5.16. The van der Waals surface area contributed by atoms with Crippen molar-refractivity contribution in [2.75, 3.05) is 11.5 Å². The summed E-state index contributed by atoms with van der Waals surface area (Å²) in [6, 6.07) is 11.6. The Kier molecular flexibility index (Phi) is 6.56. The number of hydrogen-bond donors (Lipinski definition) is 2. The van der Waals surface area contributed by atoms with E-state index >= 15 is 0 Å². The molecule has 2 aromatic carbocycles. The summed E-state index contributed by atoms with van der Waals surface area (Å²) in [5.41, 5.74) is 1.65. The van der Waals surface area contributed by atoms with Gasteiger partial charge in [-0.2, -0.15) is 0 Å². The van der Waals surface area contributed by atoms with Gasteiger partial charge in [0.25, 0.3) is 11.7 Å². The lowest BCUT2D eigenvalue weighted by atomic mass is 9.95. The first-order valence-electron chi connectivity index (χ1n) is 10.8. The van der Waals surface area contributed by atoms with E-state index < -0.39 is 17.7 Å². The van der Waals surface area contributed by atoms with E-state index in [1.54, 1.807) is 30.3 Å². The zero-order valence-electron chi connectivity index (χ0n) is 18.7. The molecule has 0 bridgehead atoms. The maximum absolute atomic E-state index is 13.2. The Hall–Kier alpha value is -3.84. The van der Waals surface area contributed by atoms with Crippen molar-refractivity contribution in [3.63, 3.8) is 0 Å². The smallest absolute Gasteiger partial charge is 0.300 e. The summed E-state index contributed by atoms with van der Waals surface area (Å²) in [6.45, 7) is 4.40.